The molecule has 2 aromatic rings. The lowest BCUT2D eigenvalue weighted by Gasteiger charge is -2.18. The molecule has 0 aliphatic rings. The van der Waals surface area contributed by atoms with Crippen molar-refractivity contribution in [2.24, 2.45) is 0 Å². The average molecular weight is 411 g/mol. The molecule has 0 aliphatic heterocycles. The number of amides is 1. The second kappa shape index (κ2) is 7.23. The number of hydrogen-bond acceptors (Lipinski definition) is 1. The normalized spacial score (nSPS) is 13.5. The van der Waals surface area contributed by atoms with Gasteiger partial charge in [-0.05, 0) is 36.6 Å². The van der Waals surface area contributed by atoms with Gasteiger partial charge in [-0.1, -0.05) is 74.3 Å². The standard InChI is InChI=1S/C17H17Br2NO/c1-11-7-6-10-14(12(11)2)20-17(21)16(19)15(18)13-8-4-3-5-9-13/h3-10,15-16H,1-2H3,(H,20,21)/t15-,16-/m1/s1. The van der Waals surface area contributed by atoms with Gasteiger partial charge in [0.1, 0.15) is 4.83 Å². The number of carbonyl (C=O) groups excluding carboxylic acids is 1. The fourth-order valence-corrected chi connectivity index (χ4v) is 2.99. The van der Waals surface area contributed by atoms with Gasteiger partial charge in [0.15, 0.2) is 0 Å². The third-order valence-electron chi connectivity index (χ3n) is 3.49. The summed E-state index contributed by atoms with van der Waals surface area (Å²) in [6, 6.07) is 15.8. The lowest BCUT2D eigenvalue weighted by molar-refractivity contribution is -0.115. The molecule has 0 bridgehead atoms. The summed E-state index contributed by atoms with van der Waals surface area (Å²) in [6.45, 7) is 4.05. The first-order valence-electron chi connectivity index (χ1n) is 6.71. The highest BCUT2D eigenvalue weighted by Gasteiger charge is 2.25. The van der Waals surface area contributed by atoms with Crippen molar-refractivity contribution in [2.45, 2.75) is 23.5 Å². The molecule has 2 nitrogen and oxygen atoms in total. The maximum absolute atomic E-state index is 12.4. The molecule has 0 saturated carbocycles. The molecule has 0 saturated heterocycles. The van der Waals surface area contributed by atoms with Crippen LogP contribution in [0.15, 0.2) is 48.5 Å². The zero-order valence-corrected chi connectivity index (χ0v) is 15.1. The summed E-state index contributed by atoms with van der Waals surface area (Å²) in [6.07, 6.45) is 0. The molecule has 0 unspecified atom stereocenters. The van der Waals surface area contributed by atoms with E-state index < -0.39 is 0 Å². The van der Waals surface area contributed by atoms with Gasteiger partial charge in [0.05, 0.1) is 4.83 Å². The van der Waals surface area contributed by atoms with E-state index in [1.165, 1.54) is 0 Å². The molecule has 1 N–H and O–H groups in total. The Morgan fingerprint density at radius 3 is 2.33 bits per heavy atom. The summed E-state index contributed by atoms with van der Waals surface area (Å²) < 4.78 is 0. The summed E-state index contributed by atoms with van der Waals surface area (Å²) in [7, 11) is 0. The first kappa shape index (κ1) is 16.2. The molecule has 0 radical (unpaired) electrons. The molecule has 0 aromatic heterocycles. The molecule has 21 heavy (non-hydrogen) atoms. The second-order valence-electron chi connectivity index (χ2n) is 4.95. The van der Waals surface area contributed by atoms with Crippen LogP contribution in [0.4, 0.5) is 5.69 Å². The van der Waals surface area contributed by atoms with Crippen molar-refractivity contribution in [3.8, 4) is 0 Å². The van der Waals surface area contributed by atoms with E-state index in [1.807, 2.05) is 62.4 Å². The summed E-state index contributed by atoms with van der Waals surface area (Å²) in [5, 5.41) is 2.99. The molecule has 0 aliphatic carbocycles. The molecule has 1 amide bonds. The zero-order valence-electron chi connectivity index (χ0n) is 11.9. The van der Waals surface area contributed by atoms with E-state index in [9.17, 15) is 4.79 Å². The number of hydrogen-bond donors (Lipinski definition) is 1. The Morgan fingerprint density at radius 1 is 1.00 bits per heavy atom. The fourth-order valence-electron chi connectivity index (χ4n) is 2.03. The van der Waals surface area contributed by atoms with Crippen LogP contribution in [0.5, 0.6) is 0 Å². The van der Waals surface area contributed by atoms with E-state index in [0.29, 0.717) is 0 Å². The smallest absolute Gasteiger partial charge is 0.239 e. The second-order valence-corrected chi connectivity index (χ2v) is 6.92. The van der Waals surface area contributed by atoms with Crippen LogP contribution >= 0.6 is 31.9 Å². The summed E-state index contributed by atoms with van der Waals surface area (Å²) in [5.74, 6) is -0.0607. The van der Waals surface area contributed by atoms with Crippen molar-refractivity contribution < 1.29 is 4.79 Å². The number of carbonyl (C=O) groups is 1. The van der Waals surface area contributed by atoms with Crippen molar-refractivity contribution >= 4 is 43.5 Å². The number of halogens is 2. The minimum Gasteiger partial charge on any atom is -0.325 e. The average Bonchev–Trinajstić information content (AvgIpc) is 2.51. The van der Waals surface area contributed by atoms with Gasteiger partial charge in [-0.25, -0.2) is 0 Å². The Bertz CT molecular complexity index is 628. The van der Waals surface area contributed by atoms with Crippen LogP contribution in [0.3, 0.4) is 0 Å². The predicted molar refractivity (Wildman–Crippen MR) is 95.4 cm³/mol. The number of aryl methyl sites for hydroxylation is 1. The Hall–Kier alpha value is -1.13. The third-order valence-corrected chi connectivity index (χ3v) is 6.20. The van der Waals surface area contributed by atoms with Crippen molar-refractivity contribution in [1.29, 1.82) is 0 Å². The topological polar surface area (TPSA) is 29.1 Å². The van der Waals surface area contributed by atoms with Gasteiger partial charge < -0.3 is 5.32 Å². The van der Waals surface area contributed by atoms with Crippen molar-refractivity contribution in [3.05, 3.63) is 65.2 Å². The highest BCUT2D eigenvalue weighted by Crippen LogP contribution is 2.32. The van der Waals surface area contributed by atoms with Crippen LogP contribution in [0.25, 0.3) is 0 Å². The Balaban J connectivity index is 2.11. The van der Waals surface area contributed by atoms with Crippen LogP contribution in [0, 0.1) is 13.8 Å². The first-order chi connectivity index (χ1) is 10.0. The van der Waals surface area contributed by atoms with Gasteiger partial charge in [0.2, 0.25) is 5.91 Å². The monoisotopic (exact) mass is 409 g/mol. The van der Waals surface area contributed by atoms with Crippen LogP contribution < -0.4 is 5.32 Å². The van der Waals surface area contributed by atoms with E-state index in [-0.39, 0.29) is 15.6 Å². The number of nitrogens with one attached hydrogen (secondary N) is 1. The van der Waals surface area contributed by atoms with Crippen molar-refractivity contribution in [2.75, 3.05) is 5.32 Å². The lowest BCUT2D eigenvalue weighted by atomic mass is 10.1. The first-order valence-corrected chi connectivity index (χ1v) is 8.54. The number of rotatable bonds is 4. The molecule has 2 aromatic carbocycles. The van der Waals surface area contributed by atoms with E-state index >= 15 is 0 Å². The SMILES string of the molecule is Cc1cccc(NC(=O)[C@H](Br)[C@H](Br)c2ccccc2)c1C. The van der Waals surface area contributed by atoms with Crippen LogP contribution in [-0.4, -0.2) is 10.7 Å². The van der Waals surface area contributed by atoms with E-state index in [1.54, 1.807) is 0 Å². The van der Waals surface area contributed by atoms with E-state index in [0.717, 1.165) is 22.4 Å². The van der Waals surface area contributed by atoms with Gasteiger partial charge in [-0.15, -0.1) is 0 Å². The van der Waals surface area contributed by atoms with E-state index in [4.69, 9.17) is 0 Å². The largest absolute Gasteiger partial charge is 0.325 e. The molecule has 0 spiro atoms. The van der Waals surface area contributed by atoms with Gasteiger partial charge in [-0.2, -0.15) is 0 Å². The molecule has 110 valence electrons. The lowest BCUT2D eigenvalue weighted by Crippen LogP contribution is -2.26. The van der Waals surface area contributed by atoms with Gasteiger partial charge in [0, 0.05) is 5.69 Å². The van der Waals surface area contributed by atoms with Crippen LogP contribution in [0.2, 0.25) is 0 Å². The molecular formula is C17H17Br2NO. The summed E-state index contributed by atoms with van der Waals surface area (Å²) >= 11 is 7.08. The Morgan fingerprint density at radius 2 is 1.67 bits per heavy atom. The fraction of sp³-hybridized carbons (Fsp3) is 0.235. The number of alkyl halides is 2. The molecule has 2 rings (SSSR count). The highest BCUT2D eigenvalue weighted by molar-refractivity contribution is 9.12. The quantitative estimate of drug-likeness (QED) is 0.694. The minimum absolute atomic E-state index is 0.0607. The van der Waals surface area contributed by atoms with Gasteiger partial charge >= 0.3 is 0 Å². The highest BCUT2D eigenvalue weighted by atomic mass is 79.9. The summed E-state index contributed by atoms with van der Waals surface area (Å²) in [4.78, 5) is 12.0. The van der Waals surface area contributed by atoms with Gasteiger partial charge in [0.25, 0.3) is 0 Å². The zero-order chi connectivity index (χ0) is 15.4. The Kier molecular flexibility index (Phi) is 5.59. The molecule has 2 atom stereocenters. The number of anilines is 1. The molecule has 4 heteroatoms. The Labute approximate surface area is 142 Å². The molecule has 0 fully saturated rings. The van der Waals surface area contributed by atoms with Crippen molar-refractivity contribution in [3.63, 3.8) is 0 Å². The molecule has 0 heterocycles. The molecular weight excluding hydrogens is 394 g/mol. The van der Waals surface area contributed by atoms with Crippen LogP contribution in [-0.2, 0) is 4.79 Å². The summed E-state index contributed by atoms with van der Waals surface area (Å²) in [5.41, 5.74) is 4.18. The van der Waals surface area contributed by atoms with Crippen molar-refractivity contribution in [1.82, 2.24) is 0 Å². The third kappa shape index (κ3) is 3.95. The van der Waals surface area contributed by atoms with Crippen LogP contribution in [0.1, 0.15) is 21.5 Å². The maximum Gasteiger partial charge on any atom is 0.239 e. The minimum atomic E-state index is -0.347. The van der Waals surface area contributed by atoms with Gasteiger partial charge in [-0.3, -0.25) is 4.79 Å². The maximum atomic E-state index is 12.4. The predicted octanol–water partition coefficient (Wildman–Crippen LogP) is 5.14. The number of benzene rings is 2. The van der Waals surface area contributed by atoms with E-state index in [2.05, 4.69) is 37.2 Å².